The van der Waals surface area contributed by atoms with Crippen LogP contribution in [0.5, 0.6) is 0 Å². The Balaban J connectivity index is 4.37. The summed E-state index contributed by atoms with van der Waals surface area (Å²) in [6, 6.07) is 0. The van der Waals surface area contributed by atoms with E-state index < -0.39 is 6.10 Å². The van der Waals surface area contributed by atoms with E-state index >= 15 is 0 Å². The van der Waals surface area contributed by atoms with Gasteiger partial charge < -0.3 is 14.2 Å². The number of hydrogen-bond donors (Lipinski definition) is 0. The summed E-state index contributed by atoms with van der Waals surface area (Å²) in [5.74, 6) is -0.926. The third-order valence-corrected chi connectivity index (χ3v) is 14.1. The first-order valence-electron chi connectivity index (χ1n) is 32.7. The minimum Gasteiger partial charge on any atom is -0.462 e. The van der Waals surface area contributed by atoms with Crippen LogP contribution in [0.2, 0.25) is 0 Å². The highest BCUT2D eigenvalue weighted by atomic mass is 16.6. The largest absolute Gasteiger partial charge is 0.462 e. The fourth-order valence-electron chi connectivity index (χ4n) is 9.18. The lowest BCUT2D eigenvalue weighted by Crippen LogP contribution is -2.30. The van der Waals surface area contributed by atoms with Gasteiger partial charge in [0, 0.05) is 19.3 Å². The molecule has 0 saturated carbocycles. The molecule has 0 amide bonds. The summed E-state index contributed by atoms with van der Waals surface area (Å²) in [6.07, 6.45) is 87.0. The van der Waals surface area contributed by atoms with E-state index in [9.17, 15) is 14.4 Å². The Morgan fingerprint density at radius 1 is 0.273 bits per heavy atom. The molecular weight excluding hydrogens is 949 g/mol. The lowest BCUT2D eigenvalue weighted by molar-refractivity contribution is -0.167. The normalized spacial score (nSPS) is 12.7. The third-order valence-electron chi connectivity index (χ3n) is 14.1. The Morgan fingerprint density at radius 3 is 0.818 bits per heavy atom. The molecule has 0 heterocycles. The van der Waals surface area contributed by atoms with E-state index in [1.807, 2.05) is 0 Å². The minimum atomic E-state index is -0.801. The third kappa shape index (κ3) is 63.0. The van der Waals surface area contributed by atoms with Crippen LogP contribution in [0.4, 0.5) is 0 Å². The highest BCUT2D eigenvalue weighted by Gasteiger charge is 2.19. The first kappa shape index (κ1) is 73.3. The maximum absolute atomic E-state index is 12.9. The molecule has 6 heteroatoms. The predicted molar refractivity (Wildman–Crippen MR) is 334 cm³/mol. The van der Waals surface area contributed by atoms with Gasteiger partial charge in [-0.2, -0.15) is 0 Å². The van der Waals surface area contributed by atoms with E-state index in [1.54, 1.807) is 0 Å². The fourth-order valence-corrected chi connectivity index (χ4v) is 9.18. The van der Waals surface area contributed by atoms with E-state index in [4.69, 9.17) is 14.2 Å². The molecule has 0 aliphatic carbocycles. The lowest BCUT2D eigenvalue weighted by Gasteiger charge is -2.18. The average Bonchev–Trinajstić information content (AvgIpc) is 3.43. The SMILES string of the molecule is CC/C=C\C/C=C\C/C=C\C/C=C\C/C=C\C/C=C\CCCCC(=O)OC(COC(=O)CCCCCCCCCCCCCCC)COC(=O)CCCCCCCCCCCCCCC/C=C\C/C=C\CCCCCCC. The minimum absolute atomic E-state index is 0.0928. The van der Waals surface area contributed by atoms with Crippen molar-refractivity contribution in [1.82, 2.24) is 0 Å². The summed E-state index contributed by atoms with van der Waals surface area (Å²) in [5.41, 5.74) is 0. The topological polar surface area (TPSA) is 78.9 Å². The van der Waals surface area contributed by atoms with Gasteiger partial charge >= 0.3 is 17.9 Å². The van der Waals surface area contributed by atoms with Gasteiger partial charge in [-0.15, -0.1) is 0 Å². The van der Waals surface area contributed by atoms with Gasteiger partial charge in [0.25, 0.3) is 0 Å². The molecule has 0 saturated heterocycles. The molecule has 0 aromatic rings. The Bertz CT molecular complexity index is 1510. The van der Waals surface area contributed by atoms with Gasteiger partial charge in [-0.1, -0.05) is 291 Å². The van der Waals surface area contributed by atoms with Crippen molar-refractivity contribution in [3.8, 4) is 0 Å². The molecule has 6 nitrogen and oxygen atoms in total. The zero-order valence-electron chi connectivity index (χ0n) is 50.7. The number of carbonyl (C=O) groups excluding carboxylic acids is 3. The van der Waals surface area contributed by atoms with E-state index in [-0.39, 0.29) is 37.5 Å². The number of ether oxygens (including phenoxy) is 3. The molecule has 0 radical (unpaired) electrons. The quantitative estimate of drug-likeness (QED) is 0.0261. The number of esters is 3. The second-order valence-electron chi connectivity index (χ2n) is 21.6. The highest BCUT2D eigenvalue weighted by molar-refractivity contribution is 5.71. The van der Waals surface area contributed by atoms with Crippen LogP contribution in [-0.2, 0) is 28.6 Å². The summed E-state index contributed by atoms with van der Waals surface area (Å²) in [4.78, 5) is 38.3. The van der Waals surface area contributed by atoms with Crippen LogP contribution in [-0.4, -0.2) is 37.2 Å². The van der Waals surface area contributed by atoms with Crippen molar-refractivity contribution in [3.05, 3.63) is 97.2 Å². The predicted octanol–water partition coefficient (Wildman–Crippen LogP) is 22.4. The lowest BCUT2D eigenvalue weighted by atomic mass is 10.0. The number of allylic oxidation sites excluding steroid dienone is 16. The molecule has 0 spiro atoms. The maximum Gasteiger partial charge on any atom is 0.306 e. The van der Waals surface area contributed by atoms with E-state index in [1.165, 1.54) is 173 Å². The van der Waals surface area contributed by atoms with Gasteiger partial charge in [0.1, 0.15) is 13.2 Å². The van der Waals surface area contributed by atoms with Crippen molar-refractivity contribution >= 4 is 17.9 Å². The summed E-state index contributed by atoms with van der Waals surface area (Å²) in [5, 5.41) is 0. The van der Waals surface area contributed by atoms with Crippen LogP contribution in [0.15, 0.2) is 97.2 Å². The number of rotatable bonds is 59. The summed E-state index contributed by atoms with van der Waals surface area (Å²) in [6.45, 7) is 6.51. The van der Waals surface area contributed by atoms with Crippen molar-refractivity contribution in [2.45, 2.75) is 322 Å². The summed E-state index contributed by atoms with van der Waals surface area (Å²) < 4.78 is 16.9. The maximum atomic E-state index is 12.9. The standard InChI is InChI=1S/C71H122O6/c1-4-7-10-13-16-19-22-25-27-29-31-33-34-35-36-38-39-41-43-46-49-52-55-58-61-64-70(73)76-67-68(66-75-69(72)63-60-57-54-51-48-45-24-21-18-15-12-9-6-3)77-71(74)65-62-59-56-53-50-47-44-42-40-37-32-30-28-26-23-20-17-14-11-8-5-2/h8,11,17,20,22,25-26,28-29,31-32,37,42,44,50,53,68H,4-7,9-10,12-16,18-19,21,23-24,27,30,33-36,38-41,43,45-49,51-52,54-67H2,1-3H3/b11-8-,20-17-,25-22-,28-26-,31-29-,37-32-,44-42-,53-50-. The Morgan fingerprint density at radius 2 is 0.506 bits per heavy atom. The molecule has 442 valence electrons. The van der Waals surface area contributed by atoms with Gasteiger partial charge in [0.15, 0.2) is 6.10 Å². The molecule has 0 fully saturated rings. The summed E-state index contributed by atoms with van der Waals surface area (Å²) >= 11 is 0. The first-order chi connectivity index (χ1) is 38.0. The van der Waals surface area contributed by atoms with Crippen molar-refractivity contribution in [1.29, 1.82) is 0 Å². The zero-order chi connectivity index (χ0) is 55.7. The van der Waals surface area contributed by atoms with Gasteiger partial charge in [-0.3, -0.25) is 14.4 Å². The highest BCUT2D eigenvalue weighted by Crippen LogP contribution is 2.16. The Labute approximate surface area is 477 Å². The van der Waals surface area contributed by atoms with E-state index in [0.29, 0.717) is 19.3 Å². The summed E-state index contributed by atoms with van der Waals surface area (Å²) in [7, 11) is 0. The molecule has 1 unspecified atom stereocenters. The molecule has 0 aliphatic heterocycles. The van der Waals surface area contributed by atoms with Gasteiger partial charge in [-0.25, -0.2) is 0 Å². The molecule has 0 bridgehead atoms. The Hall–Kier alpha value is -3.67. The van der Waals surface area contributed by atoms with Crippen LogP contribution >= 0.6 is 0 Å². The van der Waals surface area contributed by atoms with Gasteiger partial charge in [0.2, 0.25) is 0 Å². The molecular formula is C71H122O6. The fraction of sp³-hybridized carbons (Fsp3) is 0.732. The number of carbonyl (C=O) groups is 3. The van der Waals surface area contributed by atoms with Crippen molar-refractivity contribution in [2.24, 2.45) is 0 Å². The molecule has 0 aromatic carbocycles. The smallest absolute Gasteiger partial charge is 0.306 e. The van der Waals surface area contributed by atoms with Crippen LogP contribution < -0.4 is 0 Å². The van der Waals surface area contributed by atoms with Crippen LogP contribution in [0.25, 0.3) is 0 Å². The van der Waals surface area contributed by atoms with Crippen molar-refractivity contribution < 1.29 is 28.6 Å². The molecule has 77 heavy (non-hydrogen) atoms. The van der Waals surface area contributed by atoms with E-state index in [0.717, 1.165) is 96.3 Å². The first-order valence-corrected chi connectivity index (χ1v) is 32.7. The molecule has 0 aromatic heterocycles. The van der Waals surface area contributed by atoms with Crippen molar-refractivity contribution in [2.75, 3.05) is 13.2 Å². The van der Waals surface area contributed by atoms with Crippen molar-refractivity contribution in [3.63, 3.8) is 0 Å². The zero-order valence-corrected chi connectivity index (χ0v) is 50.7. The molecule has 0 aliphatic rings. The monoisotopic (exact) mass is 1070 g/mol. The van der Waals surface area contributed by atoms with Crippen LogP contribution in [0.1, 0.15) is 316 Å². The van der Waals surface area contributed by atoms with Gasteiger partial charge in [-0.05, 0) is 103 Å². The molecule has 1 atom stereocenters. The second-order valence-corrected chi connectivity index (χ2v) is 21.6. The second kappa shape index (κ2) is 64.9. The van der Waals surface area contributed by atoms with Crippen LogP contribution in [0.3, 0.4) is 0 Å². The average molecular weight is 1070 g/mol. The molecule has 0 N–H and O–H groups in total. The van der Waals surface area contributed by atoms with Gasteiger partial charge in [0.05, 0.1) is 0 Å². The molecule has 0 rings (SSSR count). The Kier molecular flexibility index (Phi) is 61.8. The number of unbranched alkanes of at least 4 members (excludes halogenated alkanes) is 32. The number of hydrogen-bond acceptors (Lipinski definition) is 6. The van der Waals surface area contributed by atoms with Crippen LogP contribution in [0, 0.1) is 0 Å². The van der Waals surface area contributed by atoms with E-state index in [2.05, 4.69) is 118 Å².